The molecule has 2 aromatic heterocycles. The maximum absolute atomic E-state index is 12.4. The van der Waals surface area contributed by atoms with Crippen molar-refractivity contribution in [2.75, 3.05) is 20.1 Å². The molecule has 1 aromatic carbocycles. The van der Waals surface area contributed by atoms with Crippen LogP contribution < -0.4 is 10.9 Å². The maximum atomic E-state index is 12.4. The zero-order chi connectivity index (χ0) is 22.2. The summed E-state index contributed by atoms with van der Waals surface area (Å²) < 4.78 is 0. The van der Waals surface area contributed by atoms with Crippen molar-refractivity contribution in [2.45, 2.75) is 39.2 Å². The van der Waals surface area contributed by atoms with E-state index in [2.05, 4.69) is 44.5 Å². The van der Waals surface area contributed by atoms with Crippen molar-refractivity contribution in [1.82, 2.24) is 20.2 Å². The molecule has 3 heterocycles. The Bertz CT molecular complexity index is 1320. The summed E-state index contributed by atoms with van der Waals surface area (Å²) in [7, 11) is 1.62. The molecular formula is C26H32N4O2. The largest absolute Gasteiger partial charge is 0.354 e. The second-order valence-electron chi connectivity index (χ2n) is 8.77. The molecule has 1 amide bonds. The molecule has 3 aromatic rings. The molecule has 2 N–H and O–H groups in total. The van der Waals surface area contributed by atoms with Gasteiger partial charge >= 0.3 is 0 Å². The summed E-state index contributed by atoms with van der Waals surface area (Å²) in [5.41, 5.74) is 8.22. The summed E-state index contributed by atoms with van der Waals surface area (Å²) in [4.78, 5) is 34.2. The van der Waals surface area contributed by atoms with Gasteiger partial charge < -0.3 is 10.3 Å². The molecule has 1 aliphatic carbocycles. The van der Waals surface area contributed by atoms with E-state index in [9.17, 15) is 9.59 Å². The lowest BCUT2D eigenvalue weighted by molar-refractivity contribution is 0.0958. The summed E-state index contributed by atoms with van der Waals surface area (Å²) >= 11 is 0. The van der Waals surface area contributed by atoms with Crippen molar-refractivity contribution in [3.05, 3.63) is 80.4 Å². The highest BCUT2D eigenvalue weighted by atomic mass is 16.1. The third-order valence-electron chi connectivity index (χ3n) is 6.74. The first-order valence-corrected chi connectivity index (χ1v) is 11.3. The number of nitrogens with zero attached hydrogens (tertiary/aromatic N) is 2. The molecule has 0 fully saturated rings. The first-order valence-electron chi connectivity index (χ1n) is 11.3. The van der Waals surface area contributed by atoms with Crippen LogP contribution in [0.3, 0.4) is 0 Å². The summed E-state index contributed by atoms with van der Waals surface area (Å²) in [6.07, 6.45) is 6.19. The van der Waals surface area contributed by atoms with E-state index in [1.807, 2.05) is 13.0 Å². The van der Waals surface area contributed by atoms with Gasteiger partial charge in [0.15, 0.2) is 0 Å². The topological polar surface area (TPSA) is 78.1 Å². The lowest BCUT2D eigenvalue weighted by Crippen LogP contribution is -2.28. The summed E-state index contributed by atoms with van der Waals surface area (Å²) in [5, 5.41) is 3.82. The molecule has 0 bridgehead atoms. The van der Waals surface area contributed by atoms with Crippen LogP contribution in [0.5, 0.6) is 0 Å². The molecule has 168 valence electrons. The van der Waals surface area contributed by atoms with Gasteiger partial charge in [-0.25, -0.2) is 4.98 Å². The molecule has 1 aliphatic heterocycles. The van der Waals surface area contributed by atoms with Gasteiger partial charge in [0, 0.05) is 51.7 Å². The third-order valence-corrected chi connectivity index (χ3v) is 6.74. The second-order valence-corrected chi connectivity index (χ2v) is 8.77. The van der Waals surface area contributed by atoms with Crippen molar-refractivity contribution in [2.24, 2.45) is 0 Å². The van der Waals surface area contributed by atoms with E-state index in [1.165, 1.54) is 22.1 Å². The maximum Gasteiger partial charge on any atom is 0.269 e. The number of hydrogen-bond donors (Lipinski definition) is 2. The number of pyridine rings is 2. The van der Waals surface area contributed by atoms with Crippen LogP contribution in [-0.4, -0.2) is 40.9 Å². The van der Waals surface area contributed by atoms with E-state index < -0.39 is 0 Å². The van der Waals surface area contributed by atoms with Gasteiger partial charge in [0.1, 0.15) is 5.69 Å². The average molecular weight is 433 g/mol. The van der Waals surface area contributed by atoms with E-state index in [-0.39, 0.29) is 14.3 Å². The van der Waals surface area contributed by atoms with Gasteiger partial charge in [0.25, 0.3) is 11.5 Å². The average Bonchev–Trinajstić information content (AvgIpc) is 3.30. The number of aromatic nitrogens is 2. The molecule has 6 heteroatoms. The predicted molar refractivity (Wildman–Crippen MR) is 131 cm³/mol. The van der Waals surface area contributed by atoms with Crippen molar-refractivity contribution < 1.29 is 7.65 Å². The molecule has 0 unspecified atom stereocenters. The Morgan fingerprint density at radius 1 is 1.19 bits per heavy atom. The Kier molecular flexibility index (Phi) is 5.39. The highest BCUT2D eigenvalue weighted by molar-refractivity contribution is 5.92. The van der Waals surface area contributed by atoms with Crippen LogP contribution >= 0.6 is 0 Å². The fraction of sp³-hybridized carbons (Fsp3) is 0.346. The van der Waals surface area contributed by atoms with E-state index in [0.717, 1.165) is 67.7 Å². The number of carbonyl (C=O) groups is 1. The van der Waals surface area contributed by atoms with Crippen molar-refractivity contribution in [1.29, 1.82) is 0 Å². The Hall–Kier alpha value is -3.25. The van der Waals surface area contributed by atoms with Gasteiger partial charge in [-0.2, -0.15) is 0 Å². The number of carbonyl (C=O) groups excluding carboxylic acids is 1. The normalized spacial score (nSPS) is 16.1. The minimum atomic E-state index is -0.162. The number of fused-ring (bicyclic) bond motifs is 3. The molecule has 0 spiro atoms. The van der Waals surface area contributed by atoms with Gasteiger partial charge in [0.05, 0.1) is 0 Å². The standard InChI is InChI=1S/C26H28N4O2.2H2/c1-16-19(8-9-23(28-16)26(32)27-2)18-10-12-30(13-11-18)15-17-6-7-21-20-4-3-5-22(20)25(31)29-24(21)14-17;;/h6-10,14H,3-5,11-13,15H2,1-2H3,(H,27,32)(H,29,31);2*1H. The van der Waals surface area contributed by atoms with E-state index in [1.54, 1.807) is 13.1 Å². The van der Waals surface area contributed by atoms with Crippen LogP contribution in [0.2, 0.25) is 0 Å². The van der Waals surface area contributed by atoms with Gasteiger partial charge in [-0.15, -0.1) is 0 Å². The number of aromatic amines is 1. The molecule has 32 heavy (non-hydrogen) atoms. The lowest BCUT2D eigenvalue weighted by atomic mass is 9.97. The zero-order valence-electron chi connectivity index (χ0n) is 18.6. The molecular weight excluding hydrogens is 400 g/mol. The van der Waals surface area contributed by atoms with Crippen LogP contribution in [0.1, 0.15) is 54.1 Å². The van der Waals surface area contributed by atoms with Gasteiger partial charge in [-0.05, 0) is 67.0 Å². The number of benzene rings is 1. The number of aryl methyl sites for hydroxylation is 2. The Morgan fingerprint density at radius 3 is 2.78 bits per heavy atom. The molecule has 6 nitrogen and oxygen atoms in total. The Morgan fingerprint density at radius 2 is 2.03 bits per heavy atom. The number of H-pyrrole nitrogens is 1. The van der Waals surface area contributed by atoms with E-state index >= 15 is 0 Å². The smallest absolute Gasteiger partial charge is 0.269 e. The summed E-state index contributed by atoms with van der Waals surface area (Å²) in [5.74, 6) is -0.162. The summed E-state index contributed by atoms with van der Waals surface area (Å²) in [6.45, 7) is 4.64. The van der Waals surface area contributed by atoms with Crippen molar-refractivity contribution >= 4 is 22.4 Å². The minimum absolute atomic E-state index is 0. The fourth-order valence-electron chi connectivity index (χ4n) is 5.06. The van der Waals surface area contributed by atoms with Gasteiger partial charge in [-0.3, -0.25) is 14.5 Å². The van der Waals surface area contributed by atoms with Crippen molar-refractivity contribution in [3.63, 3.8) is 0 Å². The molecule has 0 saturated heterocycles. The van der Waals surface area contributed by atoms with E-state index in [0.29, 0.717) is 5.69 Å². The predicted octanol–water partition coefficient (Wildman–Crippen LogP) is 3.86. The third kappa shape index (κ3) is 3.75. The lowest BCUT2D eigenvalue weighted by Gasteiger charge is -2.27. The second kappa shape index (κ2) is 8.36. The number of amides is 1. The molecule has 0 saturated carbocycles. The minimum Gasteiger partial charge on any atom is -0.354 e. The van der Waals surface area contributed by atoms with Crippen LogP contribution in [-0.2, 0) is 19.4 Å². The van der Waals surface area contributed by atoms with Crippen molar-refractivity contribution in [3.8, 4) is 0 Å². The van der Waals surface area contributed by atoms with Gasteiger partial charge in [0.2, 0.25) is 0 Å². The Labute approximate surface area is 190 Å². The fourth-order valence-corrected chi connectivity index (χ4v) is 5.06. The number of rotatable bonds is 4. The molecule has 0 radical (unpaired) electrons. The first kappa shape index (κ1) is 20.6. The molecule has 5 rings (SSSR count). The summed E-state index contributed by atoms with van der Waals surface area (Å²) in [6, 6.07) is 10.3. The van der Waals surface area contributed by atoms with E-state index in [4.69, 9.17) is 0 Å². The highest BCUT2D eigenvalue weighted by Gasteiger charge is 2.19. The van der Waals surface area contributed by atoms with Crippen LogP contribution in [0, 0.1) is 6.92 Å². The number of nitrogens with one attached hydrogen (secondary N) is 2. The molecule has 0 atom stereocenters. The van der Waals surface area contributed by atoms with Crippen LogP contribution in [0.25, 0.3) is 16.5 Å². The highest BCUT2D eigenvalue weighted by Crippen LogP contribution is 2.28. The quantitative estimate of drug-likeness (QED) is 0.656. The monoisotopic (exact) mass is 432 g/mol. The number of hydrogen-bond acceptors (Lipinski definition) is 4. The Balaban J connectivity index is 0.00000162. The van der Waals surface area contributed by atoms with Crippen LogP contribution in [0.15, 0.2) is 41.2 Å². The zero-order valence-corrected chi connectivity index (χ0v) is 18.6. The SMILES string of the molecule is CNC(=O)c1ccc(C2=CCN(Cc3ccc4c5c(c(=O)[nH]c4c3)CCC5)CC2)c(C)n1.[HH].[HH]. The molecule has 2 aliphatic rings. The van der Waals surface area contributed by atoms with Gasteiger partial charge in [-0.1, -0.05) is 24.3 Å². The first-order chi connectivity index (χ1) is 15.5. The van der Waals surface area contributed by atoms with Crippen LogP contribution in [0.4, 0.5) is 0 Å².